The van der Waals surface area contributed by atoms with Gasteiger partial charge >= 0.3 is 0 Å². The molecule has 0 aliphatic heterocycles. The molecular formula is C10H23NO2S. The average molecular weight is 221 g/mol. The zero-order chi connectivity index (χ0) is 11.0. The summed E-state index contributed by atoms with van der Waals surface area (Å²) in [6.07, 6.45) is 4.90. The lowest BCUT2D eigenvalue weighted by Crippen LogP contribution is -2.23. The Morgan fingerprint density at radius 1 is 1.14 bits per heavy atom. The number of hydrogen-bond donors (Lipinski definition) is 1. The first-order chi connectivity index (χ1) is 6.42. The Labute approximate surface area is 88.2 Å². The van der Waals surface area contributed by atoms with E-state index in [2.05, 4.69) is 19.2 Å². The van der Waals surface area contributed by atoms with Crippen LogP contribution in [0.1, 0.15) is 33.1 Å². The number of hydrogen-bond acceptors (Lipinski definition) is 3. The Morgan fingerprint density at radius 3 is 2.29 bits per heavy atom. The van der Waals surface area contributed by atoms with E-state index in [9.17, 15) is 8.42 Å². The first kappa shape index (κ1) is 13.9. The second-order valence-electron chi connectivity index (χ2n) is 4.27. The quantitative estimate of drug-likeness (QED) is 0.631. The van der Waals surface area contributed by atoms with E-state index in [0.717, 1.165) is 18.9 Å². The second-order valence-corrected chi connectivity index (χ2v) is 6.53. The molecular weight excluding hydrogens is 198 g/mol. The molecule has 0 atom stereocenters. The molecule has 86 valence electrons. The Kier molecular flexibility index (Phi) is 7.19. The standard InChI is InChI=1S/C10H23NO2S/c1-10(2)6-4-5-7-11-8-9-14(3,12)13/h10-11H,4-9H2,1-3H3. The fraction of sp³-hybridized carbons (Fsp3) is 1.00. The van der Waals surface area contributed by atoms with Gasteiger partial charge in [-0.3, -0.25) is 0 Å². The van der Waals surface area contributed by atoms with Crippen LogP contribution in [0, 0.1) is 5.92 Å². The summed E-state index contributed by atoms with van der Waals surface area (Å²) in [6.45, 7) is 5.96. The molecule has 0 saturated heterocycles. The highest BCUT2D eigenvalue weighted by Crippen LogP contribution is 2.04. The topological polar surface area (TPSA) is 46.2 Å². The summed E-state index contributed by atoms with van der Waals surface area (Å²) >= 11 is 0. The van der Waals surface area contributed by atoms with Gasteiger partial charge in [-0.05, 0) is 18.9 Å². The fourth-order valence-electron chi connectivity index (χ4n) is 1.19. The summed E-state index contributed by atoms with van der Waals surface area (Å²) in [5.74, 6) is 1.02. The maximum Gasteiger partial charge on any atom is 0.148 e. The highest BCUT2D eigenvalue weighted by Gasteiger charge is 2.00. The largest absolute Gasteiger partial charge is 0.316 e. The molecule has 0 spiro atoms. The molecule has 0 saturated carbocycles. The van der Waals surface area contributed by atoms with Crippen molar-refractivity contribution < 1.29 is 8.42 Å². The van der Waals surface area contributed by atoms with Gasteiger partial charge in [0.1, 0.15) is 9.84 Å². The van der Waals surface area contributed by atoms with Crippen LogP contribution < -0.4 is 5.32 Å². The Bertz CT molecular complexity index is 222. The highest BCUT2D eigenvalue weighted by molar-refractivity contribution is 7.90. The summed E-state index contributed by atoms with van der Waals surface area (Å²) in [6, 6.07) is 0. The smallest absolute Gasteiger partial charge is 0.148 e. The number of sulfone groups is 1. The predicted molar refractivity (Wildman–Crippen MR) is 61.3 cm³/mol. The Hall–Kier alpha value is -0.0900. The molecule has 0 amide bonds. The van der Waals surface area contributed by atoms with Crippen molar-refractivity contribution >= 4 is 9.84 Å². The van der Waals surface area contributed by atoms with E-state index < -0.39 is 9.84 Å². The number of nitrogens with one attached hydrogen (secondary N) is 1. The molecule has 0 heterocycles. The lowest BCUT2D eigenvalue weighted by atomic mass is 10.1. The maximum absolute atomic E-state index is 10.8. The van der Waals surface area contributed by atoms with Crippen LogP contribution in [0.3, 0.4) is 0 Å². The van der Waals surface area contributed by atoms with Crippen molar-refractivity contribution in [2.45, 2.75) is 33.1 Å². The fourth-order valence-corrected chi connectivity index (χ4v) is 1.70. The van der Waals surface area contributed by atoms with E-state index in [4.69, 9.17) is 0 Å². The van der Waals surface area contributed by atoms with Gasteiger partial charge in [0.15, 0.2) is 0 Å². The number of rotatable bonds is 8. The van der Waals surface area contributed by atoms with Gasteiger partial charge in [0.2, 0.25) is 0 Å². The molecule has 0 fully saturated rings. The predicted octanol–water partition coefficient (Wildman–Crippen LogP) is 1.45. The van der Waals surface area contributed by atoms with Gasteiger partial charge in [-0.15, -0.1) is 0 Å². The van der Waals surface area contributed by atoms with Crippen LogP contribution in [0.25, 0.3) is 0 Å². The van der Waals surface area contributed by atoms with Gasteiger partial charge in [0.25, 0.3) is 0 Å². The van der Waals surface area contributed by atoms with Crippen LogP contribution in [-0.4, -0.2) is 33.5 Å². The van der Waals surface area contributed by atoms with Crippen LogP contribution in [0.5, 0.6) is 0 Å². The molecule has 0 bridgehead atoms. The Morgan fingerprint density at radius 2 is 1.79 bits per heavy atom. The van der Waals surface area contributed by atoms with Gasteiger partial charge in [-0.2, -0.15) is 0 Å². The molecule has 0 aliphatic rings. The SMILES string of the molecule is CC(C)CCCCNCCS(C)(=O)=O. The van der Waals surface area contributed by atoms with Crippen molar-refractivity contribution in [2.24, 2.45) is 5.92 Å². The molecule has 0 radical (unpaired) electrons. The van der Waals surface area contributed by atoms with Crippen molar-refractivity contribution in [3.63, 3.8) is 0 Å². The van der Waals surface area contributed by atoms with E-state index in [-0.39, 0.29) is 5.75 Å². The normalized spacial score (nSPS) is 12.3. The third-order valence-electron chi connectivity index (χ3n) is 2.03. The van der Waals surface area contributed by atoms with Crippen molar-refractivity contribution in [2.75, 3.05) is 25.1 Å². The maximum atomic E-state index is 10.8. The van der Waals surface area contributed by atoms with Crippen LogP contribution in [0.4, 0.5) is 0 Å². The van der Waals surface area contributed by atoms with Gasteiger partial charge in [-0.1, -0.05) is 26.7 Å². The van der Waals surface area contributed by atoms with Crippen molar-refractivity contribution in [1.82, 2.24) is 5.32 Å². The minimum atomic E-state index is -2.79. The molecule has 4 heteroatoms. The lowest BCUT2D eigenvalue weighted by molar-refractivity contribution is 0.524. The Balaban J connectivity index is 3.15. The highest BCUT2D eigenvalue weighted by atomic mass is 32.2. The molecule has 0 aromatic carbocycles. The van der Waals surface area contributed by atoms with Gasteiger partial charge < -0.3 is 5.32 Å². The van der Waals surface area contributed by atoms with E-state index in [1.54, 1.807) is 0 Å². The van der Waals surface area contributed by atoms with Crippen molar-refractivity contribution in [1.29, 1.82) is 0 Å². The minimum Gasteiger partial charge on any atom is -0.316 e. The summed E-state index contributed by atoms with van der Waals surface area (Å²) in [4.78, 5) is 0. The lowest BCUT2D eigenvalue weighted by Gasteiger charge is -2.05. The molecule has 3 nitrogen and oxygen atoms in total. The van der Waals surface area contributed by atoms with E-state index in [1.165, 1.54) is 19.1 Å². The van der Waals surface area contributed by atoms with Gasteiger partial charge in [0, 0.05) is 12.8 Å². The molecule has 0 aromatic heterocycles. The molecule has 0 aliphatic carbocycles. The first-order valence-corrected chi connectivity index (χ1v) is 7.36. The van der Waals surface area contributed by atoms with Crippen molar-refractivity contribution in [3.05, 3.63) is 0 Å². The summed E-state index contributed by atoms with van der Waals surface area (Å²) in [5, 5.41) is 3.14. The van der Waals surface area contributed by atoms with Crippen LogP contribution >= 0.6 is 0 Å². The molecule has 0 rings (SSSR count). The third kappa shape index (κ3) is 11.9. The third-order valence-corrected chi connectivity index (χ3v) is 2.98. The van der Waals surface area contributed by atoms with E-state index >= 15 is 0 Å². The van der Waals surface area contributed by atoms with E-state index in [1.807, 2.05) is 0 Å². The average Bonchev–Trinajstić information content (AvgIpc) is 2.00. The summed E-state index contributed by atoms with van der Waals surface area (Å²) in [5.41, 5.74) is 0. The van der Waals surface area contributed by atoms with Gasteiger partial charge in [-0.25, -0.2) is 8.42 Å². The zero-order valence-electron chi connectivity index (χ0n) is 9.54. The monoisotopic (exact) mass is 221 g/mol. The van der Waals surface area contributed by atoms with Crippen LogP contribution in [0.2, 0.25) is 0 Å². The summed E-state index contributed by atoms with van der Waals surface area (Å²) < 4.78 is 21.5. The van der Waals surface area contributed by atoms with Crippen molar-refractivity contribution in [3.8, 4) is 0 Å². The van der Waals surface area contributed by atoms with E-state index in [0.29, 0.717) is 6.54 Å². The molecule has 14 heavy (non-hydrogen) atoms. The van der Waals surface area contributed by atoms with Crippen LogP contribution in [-0.2, 0) is 9.84 Å². The molecule has 0 aromatic rings. The molecule has 0 unspecified atom stereocenters. The van der Waals surface area contributed by atoms with Crippen LogP contribution in [0.15, 0.2) is 0 Å². The first-order valence-electron chi connectivity index (χ1n) is 5.30. The minimum absolute atomic E-state index is 0.247. The second kappa shape index (κ2) is 7.23. The van der Waals surface area contributed by atoms with Gasteiger partial charge in [0.05, 0.1) is 5.75 Å². The summed E-state index contributed by atoms with van der Waals surface area (Å²) in [7, 11) is -2.79. The zero-order valence-corrected chi connectivity index (χ0v) is 10.4. The molecule has 1 N–H and O–H groups in total. The number of unbranched alkanes of at least 4 members (excludes halogenated alkanes) is 1.